The van der Waals surface area contributed by atoms with Gasteiger partial charge in [0.15, 0.2) is 5.65 Å². The summed E-state index contributed by atoms with van der Waals surface area (Å²) in [6.07, 6.45) is 1.34. The van der Waals surface area contributed by atoms with Crippen molar-refractivity contribution < 1.29 is 28.2 Å². The maximum Gasteiger partial charge on any atom is 0.387 e. The van der Waals surface area contributed by atoms with Gasteiger partial charge >= 0.3 is 6.61 Å². The summed E-state index contributed by atoms with van der Waals surface area (Å²) in [5.74, 6) is 0.858. The normalized spacial score (nSPS) is 20.9. The summed E-state index contributed by atoms with van der Waals surface area (Å²) in [4.78, 5) is 28.8. The Morgan fingerprint density at radius 2 is 1.97 bits per heavy atom. The molecule has 6 heterocycles. The van der Waals surface area contributed by atoms with E-state index in [0.717, 1.165) is 0 Å². The second-order valence-corrected chi connectivity index (χ2v) is 9.09. The van der Waals surface area contributed by atoms with Gasteiger partial charge in [-0.25, -0.2) is 9.97 Å². The summed E-state index contributed by atoms with van der Waals surface area (Å²) in [5.41, 5.74) is 3.73. The number of nitrogens with zero attached hydrogens (tertiary/aromatic N) is 5. The van der Waals surface area contributed by atoms with E-state index in [2.05, 4.69) is 4.98 Å². The van der Waals surface area contributed by atoms with E-state index in [1.807, 2.05) is 30.5 Å². The molecule has 0 spiro atoms. The second kappa shape index (κ2) is 9.02. The molecule has 0 saturated carbocycles. The predicted octanol–water partition coefficient (Wildman–Crippen LogP) is 4.67. The van der Waals surface area contributed by atoms with Gasteiger partial charge in [0, 0.05) is 36.4 Å². The first-order chi connectivity index (χ1) is 18.4. The van der Waals surface area contributed by atoms with Crippen LogP contribution in [0.25, 0.3) is 22.4 Å². The molecule has 3 aromatic heterocycles. The smallest absolute Gasteiger partial charge is 0.387 e. The first-order valence-electron chi connectivity index (χ1n) is 12.5. The molecule has 0 aliphatic carbocycles. The van der Waals surface area contributed by atoms with Crippen LogP contribution in [-0.4, -0.2) is 55.7 Å². The van der Waals surface area contributed by atoms with Crippen LogP contribution in [0.4, 0.5) is 8.78 Å². The first kappa shape index (κ1) is 24.2. The predicted molar refractivity (Wildman–Crippen MR) is 133 cm³/mol. The zero-order chi connectivity index (χ0) is 26.7. The van der Waals surface area contributed by atoms with Gasteiger partial charge in [-0.05, 0) is 30.3 Å². The van der Waals surface area contributed by atoms with Crippen LogP contribution in [0.5, 0.6) is 11.5 Å². The van der Waals surface area contributed by atoms with E-state index in [1.165, 1.54) is 6.07 Å². The van der Waals surface area contributed by atoms with Crippen molar-refractivity contribution in [1.82, 2.24) is 24.4 Å². The van der Waals surface area contributed by atoms with E-state index in [1.54, 1.807) is 36.3 Å². The molecule has 1 amide bonds. The monoisotopic (exact) mass is 521 g/mol. The van der Waals surface area contributed by atoms with Gasteiger partial charge < -0.3 is 24.0 Å². The number of carbonyl (C=O) groups excluding carboxylic acids is 1. The molecule has 0 radical (unpaired) electrons. The number of carbonyl (C=O) groups is 1. The van der Waals surface area contributed by atoms with Crippen LogP contribution >= 0.6 is 0 Å². The van der Waals surface area contributed by atoms with Crippen LogP contribution in [0.15, 0.2) is 42.6 Å². The third kappa shape index (κ3) is 3.52. The number of aliphatic hydroxyl groups is 1. The third-order valence-corrected chi connectivity index (χ3v) is 7.14. The number of pyridine rings is 2. The summed E-state index contributed by atoms with van der Waals surface area (Å²) in [6.45, 7) is 1.13. The number of hydrogen-bond acceptors (Lipinski definition) is 7. The number of amides is 1. The number of fused-ring (bicyclic) bond motifs is 10. The zero-order valence-corrected chi connectivity index (χ0v) is 20.9. The number of imidazole rings is 1. The number of aliphatic hydroxyl groups excluding tert-OH is 1. The lowest BCUT2D eigenvalue weighted by molar-refractivity contribution is -0.0507. The molecule has 2 unspecified atom stereocenters. The number of ether oxygens (including phenoxy) is 2. The molecule has 3 aliphatic rings. The molecule has 196 valence electrons. The van der Waals surface area contributed by atoms with E-state index < -0.39 is 18.8 Å². The summed E-state index contributed by atoms with van der Waals surface area (Å²) in [5, 5.41) is 9.97. The molecular weight excluding hydrogens is 496 g/mol. The lowest BCUT2D eigenvalue weighted by Gasteiger charge is -2.24. The largest absolute Gasteiger partial charge is 0.488 e. The molecular formula is C27H25F2N5O4. The minimum atomic E-state index is -3.03. The highest BCUT2D eigenvalue weighted by Crippen LogP contribution is 2.49. The van der Waals surface area contributed by atoms with Crippen molar-refractivity contribution in [3.8, 4) is 22.8 Å². The van der Waals surface area contributed by atoms with Gasteiger partial charge in [-0.1, -0.05) is 19.9 Å². The number of halogens is 2. The van der Waals surface area contributed by atoms with Crippen LogP contribution in [-0.2, 0) is 0 Å². The van der Waals surface area contributed by atoms with E-state index in [9.17, 15) is 18.7 Å². The molecule has 7 rings (SSSR count). The highest BCUT2D eigenvalue weighted by Gasteiger charge is 2.45. The fourth-order valence-corrected chi connectivity index (χ4v) is 5.51. The van der Waals surface area contributed by atoms with Gasteiger partial charge in [-0.3, -0.25) is 9.78 Å². The lowest BCUT2D eigenvalue weighted by atomic mass is 9.98. The molecule has 9 nitrogen and oxygen atoms in total. The molecule has 38 heavy (non-hydrogen) atoms. The van der Waals surface area contributed by atoms with Crippen LogP contribution in [0.2, 0.25) is 0 Å². The molecule has 11 heteroatoms. The fraction of sp³-hybridized carbons (Fsp3) is 0.333. The van der Waals surface area contributed by atoms with Gasteiger partial charge in [0.25, 0.3) is 5.91 Å². The van der Waals surface area contributed by atoms with E-state index in [0.29, 0.717) is 57.2 Å². The molecule has 0 fully saturated rings. The van der Waals surface area contributed by atoms with E-state index >= 15 is 0 Å². The standard InChI is InChI=1S/C25H19F2N5O4.C2H6/c1-31-16-8-15(20-12(24(31)34)3-2-4-18(20)36-25(26)27)32-22-14(30-23(16)32)6-5-13(29-22)11-7-19-21(28-9-11)17(33)10-35-19;1-2/h2-7,9,15-17,25,33H,8,10H2,1H3;1-2H3/t15-,16?,17?;/m1./s1. The molecule has 2 bridgehead atoms. The Morgan fingerprint density at radius 1 is 1.16 bits per heavy atom. The Hall–Kier alpha value is -4.12. The third-order valence-electron chi connectivity index (χ3n) is 7.14. The number of aromatic nitrogens is 4. The zero-order valence-electron chi connectivity index (χ0n) is 20.9. The average Bonchev–Trinajstić information content (AvgIpc) is 3.58. The molecule has 1 aromatic carbocycles. The van der Waals surface area contributed by atoms with Crippen molar-refractivity contribution in [2.24, 2.45) is 0 Å². The number of alkyl halides is 2. The van der Waals surface area contributed by atoms with Crippen molar-refractivity contribution in [2.75, 3.05) is 13.7 Å². The Kier molecular flexibility index (Phi) is 5.75. The van der Waals surface area contributed by atoms with Crippen LogP contribution < -0.4 is 9.47 Å². The molecule has 4 aromatic rings. The fourth-order valence-electron chi connectivity index (χ4n) is 5.51. The molecule has 3 atom stereocenters. The maximum absolute atomic E-state index is 13.3. The van der Waals surface area contributed by atoms with Crippen molar-refractivity contribution in [3.05, 3.63) is 65.2 Å². The summed E-state index contributed by atoms with van der Waals surface area (Å²) in [7, 11) is 1.69. The minimum absolute atomic E-state index is 0.0284. The van der Waals surface area contributed by atoms with E-state index in [4.69, 9.17) is 19.4 Å². The molecule has 1 N–H and O–H groups in total. The van der Waals surface area contributed by atoms with Gasteiger partial charge in [-0.2, -0.15) is 8.78 Å². The molecule has 3 aliphatic heterocycles. The highest BCUT2D eigenvalue weighted by atomic mass is 19.3. The van der Waals surface area contributed by atoms with Crippen LogP contribution in [0.3, 0.4) is 0 Å². The highest BCUT2D eigenvalue weighted by molar-refractivity contribution is 5.97. The van der Waals surface area contributed by atoms with Crippen LogP contribution in [0, 0.1) is 0 Å². The molecule has 0 saturated heterocycles. The van der Waals surface area contributed by atoms with Gasteiger partial charge in [0.2, 0.25) is 0 Å². The minimum Gasteiger partial charge on any atom is -0.488 e. The topological polar surface area (TPSA) is 103 Å². The summed E-state index contributed by atoms with van der Waals surface area (Å²) >= 11 is 0. The lowest BCUT2D eigenvalue weighted by Crippen LogP contribution is -2.30. The Balaban J connectivity index is 0.00000129. The number of rotatable bonds is 3. The quantitative estimate of drug-likeness (QED) is 0.418. The second-order valence-electron chi connectivity index (χ2n) is 9.09. The van der Waals surface area contributed by atoms with Gasteiger partial charge in [0.1, 0.15) is 41.2 Å². The van der Waals surface area contributed by atoms with Crippen LogP contribution in [0.1, 0.15) is 65.9 Å². The van der Waals surface area contributed by atoms with Gasteiger partial charge in [0.05, 0.1) is 17.8 Å². The summed E-state index contributed by atoms with van der Waals surface area (Å²) < 4.78 is 38.8. The van der Waals surface area contributed by atoms with Crippen molar-refractivity contribution in [1.29, 1.82) is 0 Å². The SMILES string of the molecule is CC.CN1C(=O)c2cccc(OC(F)F)c2[C@H]2CC1c1nc3ccc(-c4cnc5c(c4)OCC5O)nc3n12. The summed E-state index contributed by atoms with van der Waals surface area (Å²) in [6, 6.07) is 9.27. The average molecular weight is 522 g/mol. The number of hydrogen-bond donors (Lipinski definition) is 1. The van der Waals surface area contributed by atoms with E-state index in [-0.39, 0.29) is 24.3 Å². The first-order valence-corrected chi connectivity index (χ1v) is 12.5. The Bertz CT molecular complexity index is 1570. The van der Waals surface area contributed by atoms with Crippen molar-refractivity contribution in [3.63, 3.8) is 0 Å². The Morgan fingerprint density at radius 3 is 2.76 bits per heavy atom. The maximum atomic E-state index is 13.3. The van der Waals surface area contributed by atoms with Gasteiger partial charge in [-0.15, -0.1) is 0 Å². The van der Waals surface area contributed by atoms with Crippen molar-refractivity contribution in [2.45, 2.75) is 45.1 Å². The Labute approximate surface area is 216 Å². The van der Waals surface area contributed by atoms with Crippen molar-refractivity contribution >= 4 is 17.1 Å². The number of benzene rings is 1.